The Kier molecular flexibility index (Phi) is 4.87. The predicted molar refractivity (Wildman–Crippen MR) is 65.2 cm³/mol. The summed E-state index contributed by atoms with van der Waals surface area (Å²) in [5, 5.41) is 29.0. The van der Waals surface area contributed by atoms with Crippen molar-refractivity contribution in [3.8, 4) is 5.75 Å². The number of hydrogen-bond donors (Lipinski definition) is 4. The van der Waals surface area contributed by atoms with Gasteiger partial charge in [0.25, 0.3) is 0 Å². The summed E-state index contributed by atoms with van der Waals surface area (Å²) < 4.78 is 0. The maximum absolute atomic E-state index is 11.4. The number of nitrogens with one attached hydrogen (secondary N) is 1. The second-order valence-corrected chi connectivity index (χ2v) is 3.83. The SMILES string of the molecule is O=C(O)CCCC(=O)Nc1ccc(C(=O)O)c(O)c1. The van der Waals surface area contributed by atoms with E-state index in [4.69, 9.17) is 10.2 Å². The summed E-state index contributed by atoms with van der Waals surface area (Å²) in [4.78, 5) is 32.3. The van der Waals surface area contributed by atoms with Gasteiger partial charge in [-0.15, -0.1) is 0 Å². The van der Waals surface area contributed by atoms with Gasteiger partial charge in [0.05, 0.1) is 0 Å². The van der Waals surface area contributed by atoms with E-state index in [-0.39, 0.29) is 30.5 Å². The molecule has 7 nitrogen and oxygen atoms in total. The topological polar surface area (TPSA) is 124 Å². The number of aromatic hydroxyl groups is 1. The van der Waals surface area contributed by atoms with Crippen LogP contribution in [0.4, 0.5) is 5.69 Å². The molecule has 0 saturated heterocycles. The van der Waals surface area contributed by atoms with Crippen LogP contribution in [-0.4, -0.2) is 33.2 Å². The lowest BCUT2D eigenvalue weighted by atomic mass is 10.1. The van der Waals surface area contributed by atoms with Gasteiger partial charge in [-0.2, -0.15) is 0 Å². The van der Waals surface area contributed by atoms with Crippen molar-refractivity contribution in [2.45, 2.75) is 19.3 Å². The van der Waals surface area contributed by atoms with Crippen LogP contribution in [-0.2, 0) is 9.59 Å². The minimum absolute atomic E-state index is 0.0355. The monoisotopic (exact) mass is 267 g/mol. The number of carbonyl (C=O) groups excluding carboxylic acids is 1. The van der Waals surface area contributed by atoms with Crippen LogP contribution in [0.2, 0.25) is 0 Å². The number of anilines is 1. The lowest BCUT2D eigenvalue weighted by Gasteiger charge is -2.06. The molecule has 0 aromatic heterocycles. The molecular formula is C12H13NO6. The van der Waals surface area contributed by atoms with Crippen LogP contribution in [0.5, 0.6) is 5.75 Å². The van der Waals surface area contributed by atoms with E-state index >= 15 is 0 Å². The molecule has 0 aliphatic carbocycles. The van der Waals surface area contributed by atoms with E-state index in [2.05, 4.69) is 5.32 Å². The molecule has 1 rings (SSSR count). The van der Waals surface area contributed by atoms with E-state index in [0.717, 1.165) is 6.07 Å². The molecule has 1 amide bonds. The Morgan fingerprint density at radius 2 is 1.79 bits per heavy atom. The number of rotatable bonds is 6. The van der Waals surface area contributed by atoms with Crippen LogP contribution in [0.15, 0.2) is 18.2 Å². The van der Waals surface area contributed by atoms with E-state index in [0.29, 0.717) is 0 Å². The molecule has 0 aliphatic heterocycles. The average molecular weight is 267 g/mol. The molecule has 0 spiro atoms. The minimum Gasteiger partial charge on any atom is -0.507 e. The molecule has 1 aromatic rings. The van der Waals surface area contributed by atoms with E-state index in [1.54, 1.807) is 0 Å². The smallest absolute Gasteiger partial charge is 0.339 e. The molecule has 0 saturated carbocycles. The van der Waals surface area contributed by atoms with Crippen LogP contribution in [0.1, 0.15) is 29.6 Å². The van der Waals surface area contributed by atoms with Gasteiger partial charge in [0.1, 0.15) is 11.3 Å². The van der Waals surface area contributed by atoms with Crippen molar-refractivity contribution >= 4 is 23.5 Å². The summed E-state index contributed by atoms with van der Waals surface area (Å²) in [7, 11) is 0. The molecule has 0 heterocycles. The van der Waals surface area contributed by atoms with E-state index < -0.39 is 23.6 Å². The molecule has 0 atom stereocenters. The Bertz CT molecular complexity index is 511. The molecule has 0 unspecified atom stereocenters. The molecule has 0 bridgehead atoms. The van der Waals surface area contributed by atoms with Gasteiger partial charge in [0.2, 0.25) is 5.91 Å². The van der Waals surface area contributed by atoms with Crippen LogP contribution in [0, 0.1) is 0 Å². The fraction of sp³-hybridized carbons (Fsp3) is 0.250. The summed E-state index contributed by atoms with van der Waals surface area (Å²) in [6, 6.07) is 3.64. The Hall–Kier alpha value is -2.57. The third-order valence-corrected chi connectivity index (χ3v) is 2.31. The van der Waals surface area contributed by atoms with Gasteiger partial charge >= 0.3 is 11.9 Å². The highest BCUT2D eigenvalue weighted by molar-refractivity contribution is 5.94. The van der Waals surface area contributed by atoms with Crippen molar-refractivity contribution in [2.24, 2.45) is 0 Å². The van der Waals surface area contributed by atoms with Gasteiger partial charge in [0.15, 0.2) is 0 Å². The van der Waals surface area contributed by atoms with Crippen LogP contribution in [0.3, 0.4) is 0 Å². The summed E-state index contributed by atoms with van der Waals surface area (Å²) in [5.74, 6) is -3.09. The Labute approximate surface area is 108 Å². The first-order chi connectivity index (χ1) is 8.90. The van der Waals surface area contributed by atoms with Gasteiger partial charge in [-0.1, -0.05) is 0 Å². The molecular weight excluding hydrogens is 254 g/mol. The highest BCUT2D eigenvalue weighted by Gasteiger charge is 2.11. The predicted octanol–water partition coefficient (Wildman–Crippen LogP) is 1.28. The Balaban J connectivity index is 2.58. The largest absolute Gasteiger partial charge is 0.507 e. The van der Waals surface area contributed by atoms with Gasteiger partial charge in [0, 0.05) is 24.6 Å². The molecule has 4 N–H and O–H groups in total. The van der Waals surface area contributed by atoms with Crippen molar-refractivity contribution in [3.63, 3.8) is 0 Å². The second-order valence-electron chi connectivity index (χ2n) is 3.83. The minimum atomic E-state index is -1.27. The summed E-state index contributed by atoms with van der Waals surface area (Å²) in [6.45, 7) is 0. The summed E-state index contributed by atoms with van der Waals surface area (Å²) in [5.41, 5.74) is -0.00768. The molecule has 1 aromatic carbocycles. The van der Waals surface area contributed by atoms with E-state index in [9.17, 15) is 19.5 Å². The third kappa shape index (κ3) is 4.66. The number of carbonyl (C=O) groups is 3. The van der Waals surface area contributed by atoms with E-state index in [1.165, 1.54) is 12.1 Å². The van der Waals surface area contributed by atoms with Gasteiger partial charge < -0.3 is 20.6 Å². The van der Waals surface area contributed by atoms with Crippen molar-refractivity contribution in [1.82, 2.24) is 0 Å². The number of hydrogen-bond acceptors (Lipinski definition) is 4. The van der Waals surface area contributed by atoms with Crippen LogP contribution < -0.4 is 5.32 Å². The summed E-state index contributed by atoms with van der Waals surface area (Å²) >= 11 is 0. The summed E-state index contributed by atoms with van der Waals surface area (Å²) in [6.07, 6.45) is 0.144. The molecule has 0 aliphatic rings. The van der Waals surface area contributed by atoms with Gasteiger partial charge in [-0.3, -0.25) is 9.59 Å². The maximum atomic E-state index is 11.4. The number of phenols is 1. The van der Waals surface area contributed by atoms with E-state index in [1.807, 2.05) is 0 Å². The van der Waals surface area contributed by atoms with Crippen LogP contribution >= 0.6 is 0 Å². The standard InChI is InChI=1S/C12H13NO6/c14-9-6-7(4-5-8(9)12(18)19)13-10(15)2-1-3-11(16)17/h4-6,14H,1-3H2,(H,13,15)(H,16,17)(H,18,19). The first kappa shape index (κ1) is 14.5. The second kappa shape index (κ2) is 6.39. The lowest BCUT2D eigenvalue weighted by Crippen LogP contribution is -2.12. The molecule has 102 valence electrons. The number of aliphatic carboxylic acids is 1. The first-order valence-corrected chi connectivity index (χ1v) is 5.48. The van der Waals surface area contributed by atoms with Crippen molar-refractivity contribution < 1.29 is 29.7 Å². The van der Waals surface area contributed by atoms with Crippen molar-refractivity contribution in [2.75, 3.05) is 5.32 Å². The Morgan fingerprint density at radius 1 is 1.11 bits per heavy atom. The fourth-order valence-electron chi connectivity index (χ4n) is 1.41. The molecule has 0 radical (unpaired) electrons. The molecule has 19 heavy (non-hydrogen) atoms. The van der Waals surface area contributed by atoms with Gasteiger partial charge in [-0.05, 0) is 18.6 Å². The number of carboxylic acids is 2. The number of aromatic carboxylic acids is 1. The highest BCUT2D eigenvalue weighted by Crippen LogP contribution is 2.22. The van der Waals surface area contributed by atoms with Crippen molar-refractivity contribution in [3.05, 3.63) is 23.8 Å². The zero-order valence-corrected chi connectivity index (χ0v) is 9.92. The lowest BCUT2D eigenvalue weighted by molar-refractivity contribution is -0.137. The van der Waals surface area contributed by atoms with Crippen LogP contribution in [0.25, 0.3) is 0 Å². The average Bonchev–Trinajstić information content (AvgIpc) is 2.27. The van der Waals surface area contributed by atoms with Crippen molar-refractivity contribution in [1.29, 1.82) is 0 Å². The maximum Gasteiger partial charge on any atom is 0.339 e. The Morgan fingerprint density at radius 3 is 2.32 bits per heavy atom. The first-order valence-electron chi connectivity index (χ1n) is 5.48. The third-order valence-electron chi connectivity index (χ3n) is 2.31. The normalized spacial score (nSPS) is 9.89. The highest BCUT2D eigenvalue weighted by atomic mass is 16.4. The van der Waals surface area contributed by atoms with Gasteiger partial charge in [-0.25, -0.2) is 4.79 Å². The quantitative estimate of drug-likeness (QED) is 0.615. The zero-order chi connectivity index (χ0) is 14.4. The fourth-order valence-corrected chi connectivity index (χ4v) is 1.41. The number of carboxylic acid groups (broad SMARTS) is 2. The molecule has 0 fully saturated rings. The zero-order valence-electron chi connectivity index (χ0n) is 9.92. The molecule has 7 heteroatoms. The number of amides is 1. The number of benzene rings is 1.